The van der Waals surface area contributed by atoms with Gasteiger partial charge in [-0.3, -0.25) is 9.59 Å². The zero-order valence-corrected chi connectivity index (χ0v) is 47.0. The van der Waals surface area contributed by atoms with E-state index in [1.54, 1.807) is 36.4 Å². The van der Waals surface area contributed by atoms with Crippen molar-refractivity contribution in [2.24, 2.45) is 0 Å². The van der Waals surface area contributed by atoms with Gasteiger partial charge in [0, 0.05) is 57.4 Å². The molecule has 2 unspecified atom stereocenters. The number of sulfonamides is 2. The summed E-state index contributed by atoms with van der Waals surface area (Å²) >= 11 is 25.5. The minimum atomic E-state index is -3.85. The van der Waals surface area contributed by atoms with Crippen LogP contribution < -0.4 is 29.6 Å². The third-order valence-electron chi connectivity index (χ3n) is 12.4. The average Bonchev–Trinajstić information content (AvgIpc) is 3.93. The second kappa shape index (κ2) is 28.8. The van der Waals surface area contributed by atoms with Crippen LogP contribution in [-0.2, 0) is 61.4 Å². The monoisotopic (exact) mass is 1180 g/mol. The third-order valence-corrected chi connectivity index (χ3v) is 16.5. The molecular formula is C50H64Cl4N6O14S2. The molecule has 0 aromatic heterocycles. The number of halogens is 4. The Morgan fingerprint density at radius 2 is 0.868 bits per heavy atom. The van der Waals surface area contributed by atoms with Crippen LogP contribution in [0.2, 0.25) is 20.1 Å². The van der Waals surface area contributed by atoms with Gasteiger partial charge in [0.1, 0.15) is 23.7 Å². The van der Waals surface area contributed by atoms with Crippen LogP contribution in [0.5, 0.6) is 11.5 Å². The van der Waals surface area contributed by atoms with Gasteiger partial charge in [0.25, 0.3) is 11.8 Å². The van der Waals surface area contributed by atoms with E-state index in [-0.39, 0.29) is 113 Å². The number of rotatable bonds is 31. The number of nitrogens with zero attached hydrogens (tertiary/aromatic N) is 2. The van der Waals surface area contributed by atoms with Crippen LogP contribution >= 0.6 is 46.4 Å². The second-order valence-corrected chi connectivity index (χ2v) is 23.3. The smallest absolute Gasteiger partial charge is 0.252 e. The van der Waals surface area contributed by atoms with Crippen molar-refractivity contribution in [3.63, 3.8) is 0 Å². The maximum Gasteiger partial charge on any atom is 0.252 e. The first-order chi connectivity index (χ1) is 36.2. The molecule has 2 aliphatic carbocycles. The highest BCUT2D eigenvalue weighted by Gasteiger charge is 2.39. The molecule has 0 radical (unpaired) electrons. The van der Waals surface area contributed by atoms with E-state index in [9.17, 15) is 36.6 Å². The molecule has 418 valence electrons. The number of carbonyl (C=O) groups excluding carboxylic acids is 2. The van der Waals surface area contributed by atoms with E-state index in [2.05, 4.69) is 29.9 Å². The van der Waals surface area contributed by atoms with E-state index in [4.69, 9.17) is 74.8 Å². The van der Waals surface area contributed by atoms with Crippen LogP contribution in [0.15, 0.2) is 82.6 Å². The van der Waals surface area contributed by atoms with Gasteiger partial charge < -0.3 is 59.1 Å². The summed E-state index contributed by atoms with van der Waals surface area (Å²) in [6.07, 6.45) is -3.48. The Labute approximate surface area is 463 Å². The summed E-state index contributed by atoms with van der Waals surface area (Å²) in [7, 11) is 0.121. The summed E-state index contributed by atoms with van der Waals surface area (Å²) in [5.74, 6) is -1.02. The van der Waals surface area contributed by atoms with Crippen molar-refractivity contribution < 1.29 is 65.1 Å². The van der Waals surface area contributed by atoms with Gasteiger partial charge in [-0.2, -0.15) is 0 Å². The van der Waals surface area contributed by atoms with E-state index in [0.717, 1.165) is 22.3 Å². The third kappa shape index (κ3) is 17.0. The normalized spacial score (nSPS) is 18.1. The molecule has 0 spiro atoms. The number of aliphatic hydroxyl groups is 2. The topological polar surface area (TPSA) is 253 Å². The molecule has 20 nitrogen and oxygen atoms in total. The van der Waals surface area contributed by atoms with Gasteiger partial charge in [-0.25, -0.2) is 26.3 Å². The zero-order chi connectivity index (χ0) is 55.2. The Balaban J connectivity index is 0.752. The molecule has 6 N–H and O–H groups in total. The zero-order valence-electron chi connectivity index (χ0n) is 42.3. The highest BCUT2D eigenvalue weighted by atomic mass is 35.5. The van der Waals surface area contributed by atoms with E-state index < -0.39 is 44.1 Å². The van der Waals surface area contributed by atoms with E-state index >= 15 is 0 Å². The quantitative estimate of drug-likeness (QED) is 0.0392. The first-order valence-corrected chi connectivity index (χ1v) is 28.7. The molecule has 4 aromatic carbocycles. The molecule has 76 heavy (non-hydrogen) atoms. The molecule has 0 saturated heterocycles. The second-order valence-electron chi connectivity index (χ2n) is 18.1. The number of ether oxygens (including phenoxy) is 6. The maximum absolute atomic E-state index is 12.9. The summed E-state index contributed by atoms with van der Waals surface area (Å²) in [5, 5.41) is 27.2. The number of benzene rings is 4. The number of hydrogen-bond acceptors (Lipinski definition) is 16. The molecule has 0 fully saturated rings. The fourth-order valence-electron chi connectivity index (χ4n) is 8.41. The van der Waals surface area contributed by atoms with Crippen molar-refractivity contribution in [3.8, 4) is 11.5 Å². The van der Waals surface area contributed by atoms with Crippen LogP contribution in [-0.4, -0.2) is 180 Å². The van der Waals surface area contributed by atoms with Gasteiger partial charge in [0.2, 0.25) is 20.0 Å². The first-order valence-electron chi connectivity index (χ1n) is 24.2. The van der Waals surface area contributed by atoms with Gasteiger partial charge in [0.05, 0.1) is 74.7 Å². The molecule has 6 atom stereocenters. The van der Waals surface area contributed by atoms with Gasteiger partial charge in [0.15, 0.2) is 12.2 Å². The molecule has 0 aliphatic heterocycles. The summed E-state index contributed by atoms with van der Waals surface area (Å²) in [6, 6.07) is 19.3. The van der Waals surface area contributed by atoms with Crippen LogP contribution in [0.25, 0.3) is 0 Å². The lowest BCUT2D eigenvalue weighted by Crippen LogP contribution is -2.50. The van der Waals surface area contributed by atoms with Crippen LogP contribution in [0, 0.1) is 0 Å². The van der Waals surface area contributed by atoms with Crippen molar-refractivity contribution in [2.45, 2.75) is 59.1 Å². The van der Waals surface area contributed by atoms with E-state index in [0.29, 0.717) is 44.4 Å². The lowest BCUT2D eigenvalue weighted by atomic mass is 10.1. The van der Waals surface area contributed by atoms with Crippen molar-refractivity contribution in [1.29, 1.82) is 0 Å². The van der Waals surface area contributed by atoms with Crippen molar-refractivity contribution in [2.75, 3.05) is 107 Å². The standard InChI is InChI=1S/C50H64Cl4N6O14S2/c1-59(2)43-29-37-39(25-31(51)27-41(37)53)47(43)73-33-5-9-35(10-6-33)75(65,66)57-15-19-71-23-21-69-17-13-55-49(63)45(61)46(62)50(64)56-14-18-70-22-24-72-20-16-58-76(67,68)36-11-7-34(8-12-36)74-48-40-26-32(52)28-42(54)38(40)30-44(48)60(3)4/h5-12,25-28,43-48,57-58,61-62H,13-24,29-30H2,1-4H3,(H,55,63)(H,56,64)/t43-,44-,45?,46?,47-,48-/m0/s1. The lowest BCUT2D eigenvalue weighted by molar-refractivity contribution is -0.146. The fraction of sp³-hybridized carbons (Fsp3) is 0.480. The Bertz CT molecular complexity index is 2610. The highest BCUT2D eigenvalue weighted by molar-refractivity contribution is 7.89. The molecular weight excluding hydrogens is 1110 g/mol. The Morgan fingerprint density at radius 3 is 1.20 bits per heavy atom. The minimum Gasteiger partial charge on any atom is -0.484 e. The molecule has 0 heterocycles. The predicted octanol–water partition coefficient (Wildman–Crippen LogP) is 3.79. The first kappa shape index (κ1) is 61.3. The molecule has 2 amide bonds. The van der Waals surface area contributed by atoms with Crippen molar-refractivity contribution in [3.05, 3.63) is 115 Å². The largest absolute Gasteiger partial charge is 0.484 e. The summed E-state index contributed by atoms with van der Waals surface area (Å²) in [6.45, 7) is 0.513. The molecule has 6 rings (SSSR count). The number of hydrogen-bond donors (Lipinski definition) is 6. The van der Waals surface area contributed by atoms with Gasteiger partial charge in [-0.15, -0.1) is 0 Å². The molecule has 0 saturated carbocycles. The summed E-state index contributed by atoms with van der Waals surface area (Å²) in [5.41, 5.74) is 3.72. The predicted molar refractivity (Wildman–Crippen MR) is 287 cm³/mol. The number of likely N-dealkylation sites (N-methyl/N-ethyl adjacent to an activating group) is 2. The van der Waals surface area contributed by atoms with E-state index in [1.165, 1.54) is 24.3 Å². The molecule has 0 bridgehead atoms. The molecule has 26 heteroatoms. The maximum atomic E-state index is 12.9. The van der Waals surface area contributed by atoms with Crippen LogP contribution in [0.3, 0.4) is 0 Å². The van der Waals surface area contributed by atoms with Crippen LogP contribution in [0.1, 0.15) is 34.5 Å². The summed E-state index contributed by atoms with van der Waals surface area (Å²) < 4.78 is 90.9. The number of nitrogens with one attached hydrogen (secondary N) is 4. The SMILES string of the molecule is CN(C)[C@H]1Cc2c(Cl)cc(Cl)cc2[C@@H]1Oc1ccc(S(=O)(=O)NCCOCCOCCNC(=O)C(O)C(O)C(=O)NCCOCCOCCNS(=O)(=O)c2ccc(O[C@H]3c4cc(Cl)cc(Cl)c4C[C@@H]3N(C)C)cc2)cc1. The number of carbonyl (C=O) groups is 2. The average molecular weight is 1180 g/mol. The highest BCUT2D eigenvalue weighted by Crippen LogP contribution is 2.43. The fourth-order valence-corrected chi connectivity index (χ4v) is 11.6. The van der Waals surface area contributed by atoms with Gasteiger partial charge >= 0.3 is 0 Å². The van der Waals surface area contributed by atoms with Crippen LogP contribution in [0.4, 0.5) is 0 Å². The summed E-state index contributed by atoms with van der Waals surface area (Å²) in [4.78, 5) is 28.8. The Kier molecular flexibility index (Phi) is 23.2. The van der Waals surface area contributed by atoms with Crippen molar-refractivity contribution in [1.82, 2.24) is 29.9 Å². The Hall–Kier alpha value is -3.92. The van der Waals surface area contributed by atoms with E-state index in [1.807, 2.05) is 40.3 Å². The number of aliphatic hydroxyl groups excluding tert-OH is 2. The molecule has 4 aromatic rings. The number of amides is 2. The number of fused-ring (bicyclic) bond motifs is 2. The van der Waals surface area contributed by atoms with Gasteiger partial charge in [-0.05, 0) is 125 Å². The van der Waals surface area contributed by atoms with Crippen molar-refractivity contribution >= 4 is 78.3 Å². The minimum absolute atomic E-state index is 0.00550. The lowest BCUT2D eigenvalue weighted by Gasteiger charge is -2.27. The molecule has 2 aliphatic rings. The van der Waals surface area contributed by atoms with Gasteiger partial charge in [-0.1, -0.05) is 46.4 Å². The Morgan fingerprint density at radius 1 is 0.539 bits per heavy atom.